The Morgan fingerprint density at radius 1 is 1.08 bits per heavy atom. The van der Waals surface area contributed by atoms with Crippen molar-refractivity contribution in [3.05, 3.63) is 41.0 Å². The summed E-state index contributed by atoms with van der Waals surface area (Å²) in [5.74, 6) is -0.933. The SMILES string of the molecule is COC(=O)[C@H]1O[C@@H](OC(=O)c2c[nH]c3cc(Cl)c(-c4ccc(N(C)C)nc4OC)cc23)[C@H](O)[C@@H](O)[C@@H]1O. The maximum absolute atomic E-state index is 13.1. The van der Waals surface area contributed by atoms with Crippen LogP contribution in [0.4, 0.5) is 5.82 Å². The number of aromatic amines is 1. The van der Waals surface area contributed by atoms with Gasteiger partial charge < -0.3 is 44.2 Å². The molecule has 4 N–H and O–H groups in total. The molecule has 37 heavy (non-hydrogen) atoms. The van der Waals surface area contributed by atoms with E-state index in [4.69, 9.17) is 25.8 Å². The predicted octanol–water partition coefficient (Wildman–Crippen LogP) is 1.10. The highest BCUT2D eigenvalue weighted by molar-refractivity contribution is 6.34. The van der Waals surface area contributed by atoms with Crippen molar-refractivity contribution >= 4 is 40.3 Å². The van der Waals surface area contributed by atoms with Crippen molar-refractivity contribution in [1.82, 2.24) is 9.97 Å². The van der Waals surface area contributed by atoms with Gasteiger partial charge in [0.1, 0.15) is 24.1 Å². The Balaban J connectivity index is 1.68. The quantitative estimate of drug-likeness (QED) is 0.334. The zero-order valence-corrected chi connectivity index (χ0v) is 21.1. The molecule has 0 radical (unpaired) electrons. The average molecular weight is 536 g/mol. The molecule has 1 fully saturated rings. The molecular formula is C24H26ClN3O9. The molecule has 1 saturated heterocycles. The maximum Gasteiger partial charge on any atom is 0.342 e. The van der Waals surface area contributed by atoms with Gasteiger partial charge in [0.05, 0.1) is 24.8 Å². The molecule has 1 aliphatic heterocycles. The number of aromatic nitrogens is 2. The van der Waals surface area contributed by atoms with E-state index >= 15 is 0 Å². The standard InChI is InChI=1S/C24H26ClN3O9/c1-28(2)16-6-5-10(21(27-16)34-3)11-7-12-13(9-26-15(12)8-14(11)25)22(32)37-24-19(31)17(29)18(30)20(36-24)23(33)35-4/h5-9,17-20,24,26,29-31H,1-4H3/t17-,18-,19+,20-,24-/m0/s1. The molecule has 0 bridgehead atoms. The normalized spacial score (nSPS) is 23.5. The van der Waals surface area contributed by atoms with Gasteiger partial charge in [-0.25, -0.2) is 9.59 Å². The molecule has 3 aromatic rings. The number of hydrogen-bond donors (Lipinski definition) is 4. The number of carbonyl (C=O) groups is 2. The van der Waals surface area contributed by atoms with Crippen LogP contribution in [0.15, 0.2) is 30.5 Å². The molecule has 1 aromatic carbocycles. The van der Waals surface area contributed by atoms with E-state index in [0.29, 0.717) is 38.8 Å². The molecule has 0 unspecified atom stereocenters. The minimum absolute atomic E-state index is 0.0655. The van der Waals surface area contributed by atoms with Gasteiger partial charge in [0.25, 0.3) is 0 Å². The number of ether oxygens (including phenoxy) is 4. The average Bonchev–Trinajstić information content (AvgIpc) is 3.30. The van der Waals surface area contributed by atoms with Crippen molar-refractivity contribution in [3.8, 4) is 17.0 Å². The van der Waals surface area contributed by atoms with Crippen LogP contribution < -0.4 is 9.64 Å². The van der Waals surface area contributed by atoms with Crippen molar-refractivity contribution in [2.75, 3.05) is 33.2 Å². The molecule has 3 heterocycles. The third kappa shape index (κ3) is 4.93. The van der Waals surface area contributed by atoms with Crippen LogP contribution in [0.5, 0.6) is 5.88 Å². The Labute approximate surface area is 216 Å². The number of H-pyrrole nitrogens is 1. The first kappa shape index (κ1) is 26.6. The van der Waals surface area contributed by atoms with Crippen molar-refractivity contribution in [2.24, 2.45) is 0 Å². The molecule has 0 spiro atoms. The predicted molar refractivity (Wildman–Crippen MR) is 132 cm³/mol. The van der Waals surface area contributed by atoms with Gasteiger partial charge in [-0.1, -0.05) is 11.6 Å². The summed E-state index contributed by atoms with van der Waals surface area (Å²) in [6.07, 6.45) is -7.46. The summed E-state index contributed by atoms with van der Waals surface area (Å²) in [5, 5.41) is 31.2. The Morgan fingerprint density at radius 2 is 1.81 bits per heavy atom. The Morgan fingerprint density at radius 3 is 2.46 bits per heavy atom. The van der Waals surface area contributed by atoms with Crippen LogP contribution in [0.3, 0.4) is 0 Å². The first-order valence-corrected chi connectivity index (χ1v) is 11.5. The Bertz CT molecular complexity index is 1330. The number of carbonyl (C=O) groups excluding carboxylic acids is 2. The maximum atomic E-state index is 13.1. The Hall–Kier alpha value is -3.42. The first-order valence-electron chi connectivity index (χ1n) is 11.1. The highest BCUT2D eigenvalue weighted by Gasteiger charge is 2.49. The summed E-state index contributed by atoms with van der Waals surface area (Å²) in [7, 11) is 6.24. The lowest BCUT2D eigenvalue weighted by molar-refractivity contribution is -0.279. The summed E-state index contributed by atoms with van der Waals surface area (Å²) in [4.78, 5) is 34.2. The van der Waals surface area contributed by atoms with Gasteiger partial charge in [-0.2, -0.15) is 4.98 Å². The van der Waals surface area contributed by atoms with Crippen LogP contribution in [-0.2, 0) is 19.0 Å². The van der Waals surface area contributed by atoms with E-state index in [1.165, 1.54) is 13.3 Å². The summed E-state index contributed by atoms with van der Waals surface area (Å²) in [5.41, 5.74) is 1.71. The number of halogens is 1. The molecule has 0 saturated carbocycles. The number of nitrogens with one attached hydrogen (secondary N) is 1. The summed E-state index contributed by atoms with van der Waals surface area (Å²) in [6.45, 7) is 0. The van der Waals surface area contributed by atoms with Gasteiger partial charge in [0, 0.05) is 42.3 Å². The number of aliphatic hydroxyl groups is 3. The molecule has 12 nitrogen and oxygen atoms in total. The molecule has 1 aliphatic rings. The molecule has 0 aliphatic carbocycles. The molecule has 198 valence electrons. The third-order valence-corrected chi connectivity index (χ3v) is 6.32. The van der Waals surface area contributed by atoms with E-state index in [-0.39, 0.29) is 5.56 Å². The topological polar surface area (TPSA) is 164 Å². The van der Waals surface area contributed by atoms with Crippen LogP contribution in [0.25, 0.3) is 22.0 Å². The minimum Gasteiger partial charge on any atom is -0.480 e. The van der Waals surface area contributed by atoms with Crippen molar-refractivity contribution < 1.29 is 43.9 Å². The number of fused-ring (bicyclic) bond motifs is 1. The van der Waals surface area contributed by atoms with Crippen LogP contribution >= 0.6 is 11.6 Å². The van der Waals surface area contributed by atoms with Crippen molar-refractivity contribution in [1.29, 1.82) is 0 Å². The summed E-state index contributed by atoms with van der Waals surface area (Å²) in [6, 6.07) is 6.88. The number of esters is 2. The fraction of sp³-hybridized carbons (Fsp3) is 0.375. The van der Waals surface area contributed by atoms with Gasteiger partial charge in [-0.15, -0.1) is 0 Å². The first-order chi connectivity index (χ1) is 17.6. The smallest absolute Gasteiger partial charge is 0.342 e. The second-order valence-corrected chi connectivity index (χ2v) is 8.93. The zero-order valence-electron chi connectivity index (χ0n) is 20.3. The third-order valence-electron chi connectivity index (χ3n) is 6.00. The van der Waals surface area contributed by atoms with E-state index in [2.05, 4.69) is 14.7 Å². The Kier molecular flexibility index (Phi) is 7.57. The number of aliphatic hydroxyl groups excluding tert-OH is 3. The lowest BCUT2D eigenvalue weighted by atomic mass is 9.99. The van der Waals surface area contributed by atoms with Gasteiger partial charge in [0.2, 0.25) is 12.2 Å². The molecule has 4 rings (SSSR count). The largest absolute Gasteiger partial charge is 0.480 e. The highest BCUT2D eigenvalue weighted by Crippen LogP contribution is 2.38. The van der Waals surface area contributed by atoms with Crippen molar-refractivity contribution in [3.63, 3.8) is 0 Å². The molecule has 0 amide bonds. The number of benzene rings is 1. The number of pyridine rings is 1. The van der Waals surface area contributed by atoms with Crippen LogP contribution in [0.2, 0.25) is 5.02 Å². The molecular weight excluding hydrogens is 510 g/mol. The van der Waals surface area contributed by atoms with E-state index in [1.807, 2.05) is 19.0 Å². The number of nitrogens with zero attached hydrogens (tertiary/aromatic N) is 2. The van der Waals surface area contributed by atoms with E-state index < -0.39 is 42.6 Å². The molecule has 5 atom stereocenters. The number of methoxy groups -OCH3 is 2. The van der Waals surface area contributed by atoms with Gasteiger partial charge in [0.15, 0.2) is 6.10 Å². The lowest BCUT2D eigenvalue weighted by Crippen LogP contribution is -2.60. The summed E-state index contributed by atoms with van der Waals surface area (Å²) < 4.78 is 20.5. The van der Waals surface area contributed by atoms with Crippen LogP contribution in [-0.4, -0.2) is 96.2 Å². The monoisotopic (exact) mass is 535 g/mol. The van der Waals surface area contributed by atoms with Crippen LogP contribution in [0, 0.1) is 0 Å². The van der Waals surface area contributed by atoms with E-state index in [9.17, 15) is 24.9 Å². The second-order valence-electron chi connectivity index (χ2n) is 8.53. The minimum atomic E-state index is -1.82. The summed E-state index contributed by atoms with van der Waals surface area (Å²) >= 11 is 6.54. The number of anilines is 1. The van der Waals surface area contributed by atoms with E-state index in [0.717, 1.165) is 7.11 Å². The van der Waals surface area contributed by atoms with Gasteiger partial charge >= 0.3 is 11.9 Å². The number of rotatable bonds is 6. The second kappa shape index (κ2) is 10.5. The molecule has 13 heteroatoms. The number of hydrogen-bond acceptors (Lipinski definition) is 11. The lowest BCUT2D eigenvalue weighted by Gasteiger charge is -2.38. The van der Waals surface area contributed by atoms with E-state index in [1.54, 1.807) is 24.3 Å². The molecule has 2 aromatic heterocycles. The van der Waals surface area contributed by atoms with Gasteiger partial charge in [-0.3, -0.25) is 0 Å². The van der Waals surface area contributed by atoms with Gasteiger partial charge in [-0.05, 0) is 24.3 Å². The van der Waals surface area contributed by atoms with Crippen molar-refractivity contribution in [2.45, 2.75) is 30.7 Å². The zero-order chi connectivity index (χ0) is 27.0. The fourth-order valence-electron chi connectivity index (χ4n) is 3.98. The fourth-order valence-corrected chi connectivity index (χ4v) is 4.25. The highest BCUT2D eigenvalue weighted by atomic mass is 35.5. The van der Waals surface area contributed by atoms with Crippen LogP contribution in [0.1, 0.15) is 10.4 Å².